The van der Waals surface area contributed by atoms with Crippen molar-refractivity contribution >= 4 is 5.91 Å². The fourth-order valence-electron chi connectivity index (χ4n) is 3.88. The molecule has 126 valence electrons. The summed E-state index contributed by atoms with van der Waals surface area (Å²) in [6.45, 7) is 2.62. The molecule has 3 heterocycles. The average Bonchev–Trinajstić information content (AvgIpc) is 3.19. The van der Waals surface area contributed by atoms with Gasteiger partial charge in [0.05, 0.1) is 12.1 Å². The summed E-state index contributed by atoms with van der Waals surface area (Å²) in [5, 5.41) is 13.8. The summed E-state index contributed by atoms with van der Waals surface area (Å²) in [4.78, 5) is 15.1. The lowest BCUT2D eigenvalue weighted by molar-refractivity contribution is 0.0921. The Hall–Kier alpha value is -2.18. The number of carbonyl (C=O) groups is 1. The van der Waals surface area contributed by atoms with E-state index in [2.05, 4.69) is 57.0 Å². The summed E-state index contributed by atoms with van der Waals surface area (Å²) >= 11 is 0. The maximum Gasteiger partial charge on any atom is 0.272 e. The quantitative estimate of drug-likeness (QED) is 0.794. The molecule has 2 atom stereocenters. The summed E-state index contributed by atoms with van der Waals surface area (Å²) in [6, 6.07) is 10.7. The Kier molecular flexibility index (Phi) is 4.08. The van der Waals surface area contributed by atoms with E-state index in [1.807, 2.05) is 6.07 Å². The first-order valence-corrected chi connectivity index (χ1v) is 8.57. The molecule has 6 heteroatoms. The van der Waals surface area contributed by atoms with Crippen molar-refractivity contribution in [1.82, 2.24) is 25.7 Å². The van der Waals surface area contributed by atoms with Gasteiger partial charge in [0.2, 0.25) is 0 Å². The van der Waals surface area contributed by atoms with Crippen molar-refractivity contribution in [3.05, 3.63) is 52.8 Å². The van der Waals surface area contributed by atoms with Crippen LogP contribution in [0.1, 0.15) is 39.8 Å². The molecule has 0 bridgehead atoms. The number of rotatable bonds is 3. The first-order valence-electron chi connectivity index (χ1n) is 8.57. The largest absolute Gasteiger partial charge is 0.346 e. The minimum Gasteiger partial charge on any atom is -0.346 e. The third kappa shape index (κ3) is 2.72. The van der Waals surface area contributed by atoms with Gasteiger partial charge in [0.25, 0.3) is 5.91 Å². The average molecular weight is 325 g/mol. The zero-order valence-corrected chi connectivity index (χ0v) is 13.9. The van der Waals surface area contributed by atoms with E-state index in [0.29, 0.717) is 12.2 Å². The van der Waals surface area contributed by atoms with Gasteiger partial charge in [0, 0.05) is 37.3 Å². The molecular weight excluding hydrogens is 302 g/mol. The smallest absolute Gasteiger partial charge is 0.272 e. The molecule has 1 amide bonds. The van der Waals surface area contributed by atoms with Crippen LogP contribution in [0.25, 0.3) is 0 Å². The van der Waals surface area contributed by atoms with E-state index in [0.717, 1.165) is 37.2 Å². The van der Waals surface area contributed by atoms with Crippen LogP contribution in [0.3, 0.4) is 0 Å². The molecule has 2 aromatic rings. The van der Waals surface area contributed by atoms with Crippen LogP contribution in [0, 0.1) is 0 Å². The minimum absolute atomic E-state index is 0.0718. The van der Waals surface area contributed by atoms with Gasteiger partial charge in [0.15, 0.2) is 5.69 Å². The van der Waals surface area contributed by atoms with Gasteiger partial charge in [-0.25, -0.2) is 0 Å². The van der Waals surface area contributed by atoms with E-state index >= 15 is 0 Å². The number of aromatic nitrogens is 2. The Balaban J connectivity index is 1.54. The first kappa shape index (κ1) is 15.4. The Labute approximate surface area is 141 Å². The molecule has 1 fully saturated rings. The summed E-state index contributed by atoms with van der Waals surface area (Å²) in [7, 11) is 2.12. The van der Waals surface area contributed by atoms with Crippen molar-refractivity contribution in [3.63, 3.8) is 0 Å². The van der Waals surface area contributed by atoms with E-state index in [1.54, 1.807) is 0 Å². The number of nitrogens with zero attached hydrogens (tertiary/aromatic N) is 2. The van der Waals surface area contributed by atoms with Crippen LogP contribution >= 0.6 is 0 Å². The van der Waals surface area contributed by atoms with Gasteiger partial charge in [-0.3, -0.25) is 14.8 Å². The number of fused-ring (bicyclic) bond motifs is 1. The Morgan fingerprint density at radius 1 is 1.33 bits per heavy atom. The van der Waals surface area contributed by atoms with Crippen LogP contribution in [0.4, 0.5) is 0 Å². The Morgan fingerprint density at radius 2 is 2.17 bits per heavy atom. The molecule has 3 N–H and O–H groups in total. The predicted molar refractivity (Wildman–Crippen MR) is 91.7 cm³/mol. The van der Waals surface area contributed by atoms with Crippen LogP contribution in [0.5, 0.6) is 0 Å². The topological polar surface area (TPSA) is 73.0 Å². The van der Waals surface area contributed by atoms with Gasteiger partial charge in [-0.2, -0.15) is 5.10 Å². The fourth-order valence-corrected chi connectivity index (χ4v) is 3.88. The number of likely N-dealkylation sites (tertiary alicyclic amines) is 1. The molecule has 0 saturated carbocycles. The number of H-pyrrole nitrogens is 1. The SMILES string of the molecule is CN1CCC(NC(=O)c2n[nH]c3c2CNCC3)C1c1ccccc1. The van der Waals surface area contributed by atoms with Crippen LogP contribution < -0.4 is 10.6 Å². The fraction of sp³-hybridized carbons (Fsp3) is 0.444. The molecule has 2 aliphatic heterocycles. The minimum atomic E-state index is -0.0718. The highest BCUT2D eigenvalue weighted by atomic mass is 16.2. The van der Waals surface area contributed by atoms with Crippen LogP contribution in [-0.4, -0.2) is 47.2 Å². The molecule has 0 radical (unpaired) electrons. The number of amides is 1. The Morgan fingerprint density at radius 3 is 3.00 bits per heavy atom. The summed E-state index contributed by atoms with van der Waals surface area (Å²) in [6.07, 6.45) is 1.85. The first-order chi connectivity index (χ1) is 11.7. The number of carbonyl (C=O) groups excluding carboxylic acids is 1. The highest BCUT2D eigenvalue weighted by Crippen LogP contribution is 2.31. The highest BCUT2D eigenvalue weighted by Gasteiger charge is 2.35. The number of benzene rings is 1. The molecule has 2 unspecified atom stereocenters. The molecule has 6 nitrogen and oxygen atoms in total. The van der Waals surface area contributed by atoms with Crippen molar-refractivity contribution in [3.8, 4) is 0 Å². The summed E-state index contributed by atoms with van der Waals surface area (Å²) in [5.41, 5.74) is 3.88. The third-order valence-corrected chi connectivity index (χ3v) is 5.13. The van der Waals surface area contributed by atoms with Crippen molar-refractivity contribution in [2.45, 2.75) is 31.5 Å². The van der Waals surface area contributed by atoms with Crippen molar-refractivity contribution in [2.75, 3.05) is 20.1 Å². The second-order valence-corrected chi connectivity index (χ2v) is 6.66. The maximum absolute atomic E-state index is 12.8. The molecule has 24 heavy (non-hydrogen) atoms. The van der Waals surface area contributed by atoms with Crippen LogP contribution in [0.15, 0.2) is 30.3 Å². The van der Waals surface area contributed by atoms with E-state index in [-0.39, 0.29) is 18.0 Å². The van der Waals surface area contributed by atoms with Crippen molar-refractivity contribution in [2.24, 2.45) is 0 Å². The number of hydrogen-bond acceptors (Lipinski definition) is 4. The second kappa shape index (κ2) is 6.37. The van der Waals surface area contributed by atoms with Gasteiger partial charge >= 0.3 is 0 Å². The van der Waals surface area contributed by atoms with E-state index in [4.69, 9.17) is 0 Å². The Bertz CT molecular complexity index is 726. The summed E-state index contributed by atoms with van der Waals surface area (Å²) in [5.74, 6) is -0.0718. The van der Waals surface area contributed by atoms with Gasteiger partial charge in [-0.1, -0.05) is 30.3 Å². The molecule has 0 aliphatic carbocycles. The number of likely N-dealkylation sites (N-methyl/N-ethyl adjacent to an activating group) is 1. The lowest BCUT2D eigenvalue weighted by Crippen LogP contribution is -2.39. The molecule has 1 aromatic carbocycles. The van der Waals surface area contributed by atoms with Gasteiger partial charge in [-0.05, 0) is 19.0 Å². The zero-order valence-electron chi connectivity index (χ0n) is 13.9. The zero-order chi connectivity index (χ0) is 16.5. The van der Waals surface area contributed by atoms with E-state index in [9.17, 15) is 4.79 Å². The van der Waals surface area contributed by atoms with E-state index in [1.165, 1.54) is 5.56 Å². The lowest BCUT2D eigenvalue weighted by atomic mass is 9.99. The standard InChI is InChI=1S/C18H23N5O/c1-23-10-8-15(17(23)12-5-3-2-4-6-12)20-18(24)16-13-11-19-9-7-14(13)21-22-16/h2-6,15,17,19H,7-11H2,1H3,(H,20,24)(H,21,22). The third-order valence-electron chi connectivity index (χ3n) is 5.13. The van der Waals surface area contributed by atoms with Crippen molar-refractivity contribution < 1.29 is 4.79 Å². The molecule has 0 spiro atoms. The normalized spacial score (nSPS) is 23.9. The number of hydrogen-bond donors (Lipinski definition) is 3. The molecule has 4 rings (SSSR count). The monoisotopic (exact) mass is 325 g/mol. The maximum atomic E-state index is 12.8. The summed E-state index contributed by atoms with van der Waals surface area (Å²) < 4.78 is 0. The number of aromatic amines is 1. The van der Waals surface area contributed by atoms with Gasteiger partial charge in [0.1, 0.15) is 0 Å². The molecule has 1 saturated heterocycles. The number of nitrogens with one attached hydrogen (secondary N) is 3. The van der Waals surface area contributed by atoms with Crippen LogP contribution in [0.2, 0.25) is 0 Å². The van der Waals surface area contributed by atoms with Gasteiger partial charge in [-0.15, -0.1) is 0 Å². The van der Waals surface area contributed by atoms with E-state index < -0.39 is 0 Å². The molecule has 1 aromatic heterocycles. The highest BCUT2D eigenvalue weighted by molar-refractivity contribution is 5.94. The van der Waals surface area contributed by atoms with Gasteiger partial charge < -0.3 is 10.6 Å². The molecular formula is C18H23N5O. The predicted octanol–water partition coefficient (Wildman–Crippen LogP) is 1.23. The second-order valence-electron chi connectivity index (χ2n) is 6.66. The van der Waals surface area contributed by atoms with Crippen LogP contribution in [-0.2, 0) is 13.0 Å². The molecule has 2 aliphatic rings. The lowest BCUT2D eigenvalue weighted by Gasteiger charge is -2.26. The van der Waals surface area contributed by atoms with Crippen molar-refractivity contribution in [1.29, 1.82) is 0 Å².